The number of aromatic nitrogens is 2. The molecule has 0 saturated heterocycles. The van der Waals surface area contributed by atoms with Crippen molar-refractivity contribution in [3.63, 3.8) is 0 Å². The first-order valence-corrected chi connectivity index (χ1v) is 14.7. The molecule has 7 heteroatoms. The van der Waals surface area contributed by atoms with Crippen LogP contribution in [0.1, 0.15) is 79.6 Å². The summed E-state index contributed by atoms with van der Waals surface area (Å²) in [6.45, 7) is 6.83. The first kappa shape index (κ1) is 29.1. The van der Waals surface area contributed by atoms with Crippen molar-refractivity contribution in [2.24, 2.45) is 16.8 Å². The summed E-state index contributed by atoms with van der Waals surface area (Å²) in [6.07, 6.45) is 9.33. The quantitative estimate of drug-likeness (QED) is 0.230. The number of hydrogen-bond acceptors (Lipinski definition) is 4. The highest BCUT2D eigenvalue weighted by Gasteiger charge is 2.33. The van der Waals surface area contributed by atoms with Crippen LogP contribution in [0.3, 0.4) is 0 Å². The second kappa shape index (κ2) is 12.6. The first-order chi connectivity index (χ1) is 20.3. The number of unbranched alkanes of at least 4 members (excludes halogenated alkanes) is 1. The monoisotopic (exact) mass is 563 g/mol. The summed E-state index contributed by atoms with van der Waals surface area (Å²) in [5.41, 5.74) is 7.85. The minimum atomic E-state index is -0.948. The highest BCUT2D eigenvalue weighted by atomic mass is 16.4. The van der Waals surface area contributed by atoms with Crippen molar-refractivity contribution in [3.8, 4) is 11.1 Å². The SMILES string of the molecule is CCCCc1nc2c(n1Cc1ccc(-c3ccccc3C(=O)O)cc1)CC(=NC(=O)C1CC(C)=C(C)CC1C=O)C=C2. The number of carboxylic acid groups (broad SMARTS) is 1. The van der Waals surface area contributed by atoms with Crippen LogP contribution in [-0.2, 0) is 29.0 Å². The van der Waals surface area contributed by atoms with E-state index < -0.39 is 11.9 Å². The topological polar surface area (TPSA) is 102 Å². The second-order valence-corrected chi connectivity index (χ2v) is 11.4. The Balaban J connectivity index is 1.41. The molecule has 42 heavy (non-hydrogen) atoms. The number of hydrogen-bond donors (Lipinski definition) is 1. The first-order valence-electron chi connectivity index (χ1n) is 14.7. The molecular formula is C35H37N3O4. The maximum absolute atomic E-state index is 13.3. The summed E-state index contributed by atoms with van der Waals surface area (Å²) in [5.74, 6) is -0.912. The zero-order chi connectivity index (χ0) is 29.8. The van der Waals surface area contributed by atoms with Gasteiger partial charge in [-0.25, -0.2) is 14.8 Å². The summed E-state index contributed by atoms with van der Waals surface area (Å²) in [7, 11) is 0. The molecule has 2 aliphatic rings. The molecule has 0 saturated carbocycles. The van der Waals surface area contributed by atoms with Gasteiger partial charge in [0.15, 0.2) is 0 Å². The van der Waals surface area contributed by atoms with Gasteiger partial charge in [0.25, 0.3) is 0 Å². The number of aldehydes is 1. The number of carbonyl (C=O) groups is 3. The molecule has 1 amide bonds. The lowest BCUT2D eigenvalue weighted by atomic mass is 9.77. The van der Waals surface area contributed by atoms with Gasteiger partial charge in [-0.15, -0.1) is 0 Å². The molecule has 0 radical (unpaired) electrons. The fourth-order valence-corrected chi connectivity index (χ4v) is 5.93. The number of rotatable bonds is 9. The number of aromatic carboxylic acids is 1. The van der Waals surface area contributed by atoms with Gasteiger partial charge in [-0.1, -0.05) is 67.0 Å². The van der Waals surface area contributed by atoms with Gasteiger partial charge in [-0.2, -0.15) is 0 Å². The van der Waals surface area contributed by atoms with Crippen molar-refractivity contribution in [1.29, 1.82) is 0 Å². The van der Waals surface area contributed by atoms with E-state index in [0.29, 0.717) is 37.1 Å². The Hall–Kier alpha value is -4.39. The summed E-state index contributed by atoms with van der Waals surface area (Å²) in [4.78, 5) is 46.2. The van der Waals surface area contributed by atoms with Gasteiger partial charge in [0.1, 0.15) is 12.1 Å². The molecule has 2 aliphatic carbocycles. The molecule has 3 aromatic rings. The molecule has 1 aromatic heterocycles. The van der Waals surface area contributed by atoms with Crippen molar-refractivity contribution in [2.45, 2.75) is 65.8 Å². The minimum Gasteiger partial charge on any atom is -0.478 e. The summed E-state index contributed by atoms with van der Waals surface area (Å²) < 4.78 is 2.24. The van der Waals surface area contributed by atoms with Crippen LogP contribution in [0.2, 0.25) is 0 Å². The third kappa shape index (κ3) is 6.10. The zero-order valence-corrected chi connectivity index (χ0v) is 24.5. The van der Waals surface area contributed by atoms with E-state index in [1.807, 2.05) is 62.4 Å². The second-order valence-electron chi connectivity index (χ2n) is 11.4. The molecule has 2 atom stereocenters. The molecule has 0 spiro atoms. The van der Waals surface area contributed by atoms with E-state index in [1.165, 1.54) is 11.1 Å². The molecule has 7 nitrogen and oxygen atoms in total. The van der Waals surface area contributed by atoms with Crippen LogP contribution in [-0.4, -0.2) is 38.5 Å². The molecule has 0 aliphatic heterocycles. The predicted octanol–water partition coefficient (Wildman–Crippen LogP) is 6.74. The normalized spacial score (nSPS) is 19.2. The summed E-state index contributed by atoms with van der Waals surface area (Å²) in [5, 5.41) is 9.60. The fourth-order valence-electron chi connectivity index (χ4n) is 5.93. The maximum atomic E-state index is 13.3. The molecule has 216 valence electrons. The lowest BCUT2D eigenvalue weighted by Crippen LogP contribution is -2.29. The highest BCUT2D eigenvalue weighted by molar-refractivity contribution is 6.07. The molecule has 1 heterocycles. The van der Waals surface area contributed by atoms with Crippen LogP contribution >= 0.6 is 0 Å². The van der Waals surface area contributed by atoms with Crippen molar-refractivity contribution in [2.75, 3.05) is 0 Å². The van der Waals surface area contributed by atoms with E-state index in [9.17, 15) is 19.5 Å². The Morgan fingerprint density at radius 1 is 1.05 bits per heavy atom. The Bertz CT molecular complexity index is 1610. The van der Waals surface area contributed by atoms with Crippen molar-refractivity contribution < 1.29 is 19.5 Å². The van der Waals surface area contributed by atoms with E-state index in [0.717, 1.165) is 53.9 Å². The number of nitrogens with zero attached hydrogens (tertiary/aromatic N) is 3. The molecule has 1 N–H and O–H groups in total. The number of aryl methyl sites for hydroxylation is 1. The zero-order valence-electron chi connectivity index (χ0n) is 24.5. The number of carboxylic acids is 1. The highest BCUT2D eigenvalue weighted by Crippen LogP contribution is 2.34. The fraction of sp³-hybridized carbons (Fsp3) is 0.343. The number of benzene rings is 2. The average Bonchev–Trinajstić information content (AvgIpc) is 3.33. The largest absolute Gasteiger partial charge is 0.478 e. The maximum Gasteiger partial charge on any atom is 0.336 e. The number of imidazole rings is 1. The van der Waals surface area contributed by atoms with Crippen molar-refractivity contribution in [1.82, 2.24) is 9.55 Å². The van der Waals surface area contributed by atoms with Crippen molar-refractivity contribution >= 4 is 30.0 Å². The Morgan fingerprint density at radius 3 is 2.50 bits per heavy atom. The molecule has 0 fully saturated rings. The van der Waals surface area contributed by atoms with Crippen LogP contribution in [0.15, 0.2) is 70.7 Å². The molecule has 5 rings (SSSR count). The molecule has 0 bridgehead atoms. The smallest absolute Gasteiger partial charge is 0.336 e. The van der Waals surface area contributed by atoms with Crippen LogP contribution in [0.25, 0.3) is 17.2 Å². The third-order valence-electron chi connectivity index (χ3n) is 8.54. The number of aliphatic imine (C=N–C) groups is 1. The van der Waals surface area contributed by atoms with Crippen LogP contribution in [0, 0.1) is 11.8 Å². The lowest BCUT2D eigenvalue weighted by molar-refractivity contribution is -0.127. The van der Waals surface area contributed by atoms with Gasteiger partial charge in [-0.05, 0) is 68.0 Å². The molecule has 2 unspecified atom stereocenters. The van der Waals surface area contributed by atoms with E-state index in [1.54, 1.807) is 12.1 Å². The predicted molar refractivity (Wildman–Crippen MR) is 165 cm³/mol. The van der Waals surface area contributed by atoms with Gasteiger partial charge >= 0.3 is 5.97 Å². The van der Waals surface area contributed by atoms with Crippen LogP contribution in [0.5, 0.6) is 0 Å². The Labute approximate surface area is 246 Å². The van der Waals surface area contributed by atoms with E-state index >= 15 is 0 Å². The van der Waals surface area contributed by atoms with Crippen molar-refractivity contribution in [3.05, 3.63) is 94.1 Å². The Morgan fingerprint density at radius 2 is 1.79 bits per heavy atom. The standard InChI is InChI=1S/C35H37N3O4/c1-4-5-10-33-37-31-16-15-27(36-34(40)30-18-23(3)22(2)17-26(30)21-39)19-32(31)38(33)20-24-11-13-25(14-12-24)28-8-6-7-9-29(28)35(41)42/h6-9,11-16,21,26,30H,4-5,10,17-20H2,1-3H3,(H,41,42). The van der Waals surface area contributed by atoms with E-state index in [-0.39, 0.29) is 17.4 Å². The van der Waals surface area contributed by atoms with Gasteiger partial charge in [-0.3, -0.25) is 4.79 Å². The van der Waals surface area contributed by atoms with Gasteiger partial charge in [0, 0.05) is 25.3 Å². The average molecular weight is 564 g/mol. The van der Waals surface area contributed by atoms with E-state index in [2.05, 4.69) is 16.5 Å². The van der Waals surface area contributed by atoms with Gasteiger partial charge < -0.3 is 14.5 Å². The molecular weight excluding hydrogens is 526 g/mol. The van der Waals surface area contributed by atoms with Gasteiger partial charge in [0.05, 0.1) is 28.6 Å². The van der Waals surface area contributed by atoms with E-state index in [4.69, 9.17) is 4.98 Å². The minimum absolute atomic E-state index is 0.225. The van der Waals surface area contributed by atoms with Gasteiger partial charge in [0.2, 0.25) is 5.91 Å². The number of fused-ring (bicyclic) bond motifs is 1. The van der Waals surface area contributed by atoms with Crippen LogP contribution in [0.4, 0.5) is 0 Å². The summed E-state index contributed by atoms with van der Waals surface area (Å²) in [6, 6.07) is 15.0. The Kier molecular flexibility index (Phi) is 8.76. The number of amides is 1. The third-order valence-corrected chi connectivity index (χ3v) is 8.54. The number of carbonyl (C=O) groups excluding carboxylic acids is 2. The summed E-state index contributed by atoms with van der Waals surface area (Å²) >= 11 is 0. The van der Waals surface area contributed by atoms with Crippen LogP contribution < -0.4 is 0 Å². The number of allylic oxidation sites excluding steroid dienone is 3. The lowest BCUT2D eigenvalue weighted by Gasteiger charge is -2.27. The molecule has 2 aromatic carbocycles.